The van der Waals surface area contributed by atoms with E-state index in [2.05, 4.69) is 4.98 Å². The van der Waals surface area contributed by atoms with E-state index < -0.39 is 5.97 Å². The van der Waals surface area contributed by atoms with Gasteiger partial charge in [0.15, 0.2) is 5.69 Å². The van der Waals surface area contributed by atoms with Crippen LogP contribution in [0.3, 0.4) is 0 Å². The lowest BCUT2D eigenvalue weighted by Gasteiger charge is -2.02. The van der Waals surface area contributed by atoms with E-state index in [1.165, 1.54) is 0 Å². The van der Waals surface area contributed by atoms with Gasteiger partial charge in [-0.15, -0.1) is 0 Å². The quantitative estimate of drug-likeness (QED) is 0.714. The normalized spacial score (nSPS) is 15.7. The first-order valence-corrected chi connectivity index (χ1v) is 4.18. The average Bonchev–Trinajstić information content (AvgIpc) is 2.87. The highest BCUT2D eigenvalue weighted by atomic mass is 16.4. The van der Waals surface area contributed by atoms with Crippen molar-refractivity contribution in [3.8, 4) is 0 Å². The van der Waals surface area contributed by atoms with Crippen molar-refractivity contribution in [1.82, 2.24) is 4.98 Å². The number of carboxylic acids is 1. The summed E-state index contributed by atoms with van der Waals surface area (Å²) in [4.78, 5) is 14.7. The number of pyridine rings is 1. The molecule has 4 nitrogen and oxygen atoms in total. The Hall–Kier alpha value is -1.58. The van der Waals surface area contributed by atoms with Gasteiger partial charge in [0.05, 0.1) is 5.69 Å². The van der Waals surface area contributed by atoms with Crippen molar-refractivity contribution in [1.29, 1.82) is 0 Å². The second-order valence-corrected chi connectivity index (χ2v) is 3.25. The van der Waals surface area contributed by atoms with Gasteiger partial charge >= 0.3 is 5.97 Å². The van der Waals surface area contributed by atoms with Crippen LogP contribution in [0.15, 0.2) is 12.1 Å². The molecule has 2 rings (SSSR count). The Bertz CT molecular complexity index is 359. The maximum atomic E-state index is 10.7. The van der Waals surface area contributed by atoms with E-state index in [1.54, 1.807) is 12.1 Å². The fourth-order valence-corrected chi connectivity index (χ4v) is 1.26. The SMILES string of the molecule is Nc1ccc(C2CC2)nc1C(=O)O. The van der Waals surface area contributed by atoms with E-state index >= 15 is 0 Å². The number of rotatable bonds is 2. The molecular weight excluding hydrogens is 168 g/mol. The molecule has 4 heteroatoms. The molecule has 13 heavy (non-hydrogen) atoms. The molecule has 3 N–H and O–H groups in total. The van der Waals surface area contributed by atoms with Gasteiger partial charge in [-0.25, -0.2) is 9.78 Å². The smallest absolute Gasteiger partial charge is 0.356 e. The average molecular weight is 178 g/mol. The fraction of sp³-hybridized carbons (Fsp3) is 0.333. The fourth-order valence-electron chi connectivity index (χ4n) is 1.26. The van der Waals surface area contributed by atoms with Crippen LogP contribution in [0.2, 0.25) is 0 Å². The molecule has 1 fully saturated rings. The molecule has 68 valence electrons. The maximum Gasteiger partial charge on any atom is 0.356 e. The van der Waals surface area contributed by atoms with Gasteiger partial charge in [-0.3, -0.25) is 0 Å². The summed E-state index contributed by atoms with van der Waals surface area (Å²) in [6.45, 7) is 0. The van der Waals surface area contributed by atoms with Crippen LogP contribution in [-0.4, -0.2) is 16.1 Å². The van der Waals surface area contributed by atoms with Gasteiger partial charge in [0.2, 0.25) is 0 Å². The van der Waals surface area contributed by atoms with Crippen LogP contribution in [0.4, 0.5) is 5.69 Å². The Labute approximate surface area is 75.4 Å². The number of aromatic nitrogens is 1. The second-order valence-electron chi connectivity index (χ2n) is 3.25. The number of hydrogen-bond donors (Lipinski definition) is 2. The summed E-state index contributed by atoms with van der Waals surface area (Å²) in [5.74, 6) is -0.598. The van der Waals surface area contributed by atoms with Crippen molar-refractivity contribution in [2.75, 3.05) is 5.73 Å². The minimum absolute atomic E-state index is 0.0237. The van der Waals surface area contributed by atoms with Crippen LogP contribution < -0.4 is 5.73 Å². The summed E-state index contributed by atoms with van der Waals surface area (Å²) in [7, 11) is 0. The predicted molar refractivity (Wildman–Crippen MR) is 47.6 cm³/mol. The lowest BCUT2D eigenvalue weighted by Crippen LogP contribution is -2.06. The topological polar surface area (TPSA) is 76.2 Å². The molecule has 1 aromatic heterocycles. The maximum absolute atomic E-state index is 10.7. The summed E-state index contributed by atoms with van der Waals surface area (Å²) in [6, 6.07) is 3.42. The number of nitrogens with two attached hydrogens (primary N) is 1. The molecule has 0 radical (unpaired) electrons. The first kappa shape index (κ1) is 8.04. The van der Waals surface area contributed by atoms with E-state index in [0.717, 1.165) is 18.5 Å². The van der Waals surface area contributed by atoms with Crippen LogP contribution in [-0.2, 0) is 0 Å². The summed E-state index contributed by atoms with van der Waals surface area (Å²) in [5, 5.41) is 8.75. The van der Waals surface area contributed by atoms with E-state index in [-0.39, 0.29) is 11.4 Å². The third kappa shape index (κ3) is 1.47. The zero-order chi connectivity index (χ0) is 9.42. The van der Waals surface area contributed by atoms with Crippen LogP contribution in [0.25, 0.3) is 0 Å². The lowest BCUT2D eigenvalue weighted by molar-refractivity contribution is 0.0691. The third-order valence-electron chi connectivity index (χ3n) is 2.15. The molecule has 1 heterocycles. The van der Waals surface area contributed by atoms with Gasteiger partial charge in [0.1, 0.15) is 0 Å². The number of hydrogen-bond acceptors (Lipinski definition) is 3. The van der Waals surface area contributed by atoms with Crippen LogP contribution in [0, 0.1) is 0 Å². The molecule has 0 amide bonds. The number of carbonyl (C=O) groups is 1. The van der Waals surface area contributed by atoms with Crippen molar-refractivity contribution < 1.29 is 9.90 Å². The molecule has 0 aromatic carbocycles. The van der Waals surface area contributed by atoms with Crippen molar-refractivity contribution in [3.05, 3.63) is 23.5 Å². The van der Waals surface area contributed by atoms with Gasteiger partial charge in [-0.1, -0.05) is 0 Å². The van der Waals surface area contributed by atoms with Gasteiger partial charge in [0.25, 0.3) is 0 Å². The highest BCUT2D eigenvalue weighted by molar-refractivity contribution is 5.91. The van der Waals surface area contributed by atoms with Crippen LogP contribution in [0.1, 0.15) is 34.9 Å². The molecule has 1 aliphatic rings. The molecule has 0 aliphatic heterocycles. The van der Waals surface area contributed by atoms with Crippen molar-refractivity contribution >= 4 is 11.7 Å². The minimum Gasteiger partial charge on any atom is -0.476 e. The monoisotopic (exact) mass is 178 g/mol. The van der Waals surface area contributed by atoms with Crippen molar-refractivity contribution in [3.63, 3.8) is 0 Å². The Kier molecular flexibility index (Phi) is 1.69. The Morgan fingerprint density at radius 1 is 1.54 bits per heavy atom. The van der Waals surface area contributed by atoms with Gasteiger partial charge < -0.3 is 10.8 Å². The lowest BCUT2D eigenvalue weighted by atomic mass is 10.2. The molecule has 1 aliphatic carbocycles. The number of nitrogens with zero attached hydrogens (tertiary/aromatic N) is 1. The van der Waals surface area contributed by atoms with Crippen molar-refractivity contribution in [2.45, 2.75) is 18.8 Å². The van der Waals surface area contributed by atoms with Gasteiger partial charge in [0, 0.05) is 11.6 Å². The molecule has 0 saturated heterocycles. The van der Waals surface area contributed by atoms with E-state index in [1.807, 2.05) is 0 Å². The zero-order valence-corrected chi connectivity index (χ0v) is 7.03. The summed E-state index contributed by atoms with van der Waals surface area (Å²) >= 11 is 0. The first-order valence-electron chi connectivity index (χ1n) is 4.18. The standard InChI is InChI=1S/C9H10N2O2/c10-6-3-4-7(5-1-2-5)11-8(6)9(12)13/h3-5H,1-2,10H2,(H,12,13). The predicted octanol–water partition coefficient (Wildman–Crippen LogP) is 1.24. The van der Waals surface area contributed by atoms with Crippen LogP contribution >= 0.6 is 0 Å². The first-order chi connectivity index (χ1) is 6.18. The molecule has 0 bridgehead atoms. The minimum atomic E-state index is -1.06. The van der Waals surface area contributed by atoms with Crippen LogP contribution in [0.5, 0.6) is 0 Å². The Morgan fingerprint density at radius 2 is 2.23 bits per heavy atom. The Balaban J connectivity index is 2.41. The highest BCUT2D eigenvalue weighted by Crippen LogP contribution is 2.39. The third-order valence-corrected chi connectivity index (χ3v) is 2.15. The molecule has 1 saturated carbocycles. The number of nitrogen functional groups attached to an aromatic ring is 1. The molecule has 0 atom stereocenters. The molecule has 0 unspecified atom stereocenters. The summed E-state index contributed by atoms with van der Waals surface area (Å²) in [6.07, 6.45) is 2.21. The molecular formula is C9H10N2O2. The molecule has 0 spiro atoms. The molecule has 1 aromatic rings. The highest BCUT2D eigenvalue weighted by Gasteiger charge is 2.26. The second kappa shape index (κ2) is 2.73. The number of anilines is 1. The van der Waals surface area contributed by atoms with E-state index in [4.69, 9.17) is 10.8 Å². The van der Waals surface area contributed by atoms with E-state index in [0.29, 0.717) is 5.92 Å². The van der Waals surface area contributed by atoms with E-state index in [9.17, 15) is 4.79 Å². The van der Waals surface area contributed by atoms with Gasteiger partial charge in [-0.05, 0) is 25.0 Å². The zero-order valence-electron chi connectivity index (χ0n) is 7.03. The van der Waals surface area contributed by atoms with Crippen molar-refractivity contribution in [2.24, 2.45) is 0 Å². The van der Waals surface area contributed by atoms with Gasteiger partial charge in [-0.2, -0.15) is 0 Å². The number of carboxylic acid groups (broad SMARTS) is 1. The summed E-state index contributed by atoms with van der Waals surface area (Å²) < 4.78 is 0. The summed E-state index contributed by atoms with van der Waals surface area (Å²) in [5.41, 5.74) is 6.53. The Morgan fingerprint density at radius 3 is 2.77 bits per heavy atom. The largest absolute Gasteiger partial charge is 0.476 e. The number of aromatic carboxylic acids is 1.